The molecule has 1 aliphatic heterocycles. The molecule has 0 N–H and O–H groups in total. The van der Waals surface area contributed by atoms with Crippen molar-refractivity contribution in [2.75, 3.05) is 53.0 Å². The van der Waals surface area contributed by atoms with Gasteiger partial charge < -0.3 is 14.4 Å². The van der Waals surface area contributed by atoms with E-state index in [-0.39, 0.29) is 6.61 Å². The van der Waals surface area contributed by atoms with Crippen molar-refractivity contribution >= 4 is 6.29 Å². The fraction of sp³-hybridized carbons (Fsp3) is 0.889. The second kappa shape index (κ2) is 6.07. The summed E-state index contributed by atoms with van der Waals surface area (Å²) in [5.74, 6) is 0. The average Bonchev–Trinajstić information content (AvgIpc) is 2.15. The van der Waals surface area contributed by atoms with Crippen LogP contribution in [0.1, 0.15) is 0 Å². The van der Waals surface area contributed by atoms with Crippen molar-refractivity contribution in [1.29, 1.82) is 0 Å². The zero-order chi connectivity index (χ0) is 9.52. The van der Waals surface area contributed by atoms with E-state index < -0.39 is 0 Å². The van der Waals surface area contributed by atoms with Gasteiger partial charge in [-0.1, -0.05) is 0 Å². The molecule has 0 aromatic carbocycles. The summed E-state index contributed by atoms with van der Waals surface area (Å²) < 4.78 is 5.09. The van der Waals surface area contributed by atoms with Gasteiger partial charge in [0.25, 0.3) is 0 Å². The highest BCUT2D eigenvalue weighted by molar-refractivity contribution is 5.50. The Bertz CT molecular complexity index is 145. The van der Waals surface area contributed by atoms with E-state index in [2.05, 4.69) is 16.8 Å². The molecule has 4 heteroatoms. The number of rotatable bonds is 5. The molecule has 0 unspecified atom stereocenters. The fourth-order valence-corrected chi connectivity index (χ4v) is 1.40. The van der Waals surface area contributed by atoms with Gasteiger partial charge in [0.15, 0.2) is 0 Å². The Hall–Kier alpha value is -0.450. The van der Waals surface area contributed by atoms with Crippen LogP contribution in [0.15, 0.2) is 0 Å². The van der Waals surface area contributed by atoms with Gasteiger partial charge in [-0.25, -0.2) is 0 Å². The molecule has 76 valence electrons. The normalized spacial score (nSPS) is 20.4. The number of carbonyl (C=O) groups excluding carboxylic acids is 1. The molecule has 13 heavy (non-hydrogen) atoms. The Labute approximate surface area is 79.4 Å². The molecule has 0 aromatic heterocycles. The summed E-state index contributed by atoms with van der Waals surface area (Å²) >= 11 is 0. The van der Waals surface area contributed by atoms with Gasteiger partial charge in [0, 0.05) is 32.7 Å². The SMILES string of the molecule is CN1CCN(CCOCC=O)CC1. The van der Waals surface area contributed by atoms with E-state index in [0.29, 0.717) is 6.61 Å². The Kier molecular flexibility index (Phi) is 4.97. The minimum absolute atomic E-state index is 0.230. The number of ether oxygens (including phenoxy) is 1. The van der Waals surface area contributed by atoms with Gasteiger partial charge in [-0.05, 0) is 7.05 Å². The molecule has 1 aliphatic rings. The Balaban J connectivity index is 1.99. The van der Waals surface area contributed by atoms with E-state index in [1.165, 1.54) is 0 Å². The summed E-state index contributed by atoms with van der Waals surface area (Å²) in [5.41, 5.74) is 0. The standard InChI is InChI=1S/C9H18N2O2/c1-10-2-4-11(5-3-10)6-8-13-9-7-12/h7H,2-6,8-9H2,1H3. The van der Waals surface area contributed by atoms with E-state index in [1.807, 2.05) is 0 Å². The second-order valence-corrected chi connectivity index (χ2v) is 3.39. The Morgan fingerprint density at radius 3 is 2.62 bits per heavy atom. The first-order valence-electron chi connectivity index (χ1n) is 4.75. The van der Waals surface area contributed by atoms with E-state index >= 15 is 0 Å². The molecule has 0 aromatic rings. The second-order valence-electron chi connectivity index (χ2n) is 3.39. The highest BCUT2D eigenvalue weighted by atomic mass is 16.5. The molecule has 1 heterocycles. The predicted octanol–water partition coefficient (Wildman–Crippen LogP) is -0.551. The number of hydrogen-bond acceptors (Lipinski definition) is 4. The zero-order valence-electron chi connectivity index (χ0n) is 8.24. The molecule has 0 spiro atoms. The van der Waals surface area contributed by atoms with Crippen molar-refractivity contribution in [3.63, 3.8) is 0 Å². The lowest BCUT2D eigenvalue weighted by Crippen LogP contribution is -2.45. The Morgan fingerprint density at radius 2 is 2.00 bits per heavy atom. The number of nitrogens with zero attached hydrogens (tertiary/aromatic N) is 2. The summed E-state index contributed by atoms with van der Waals surface area (Å²) in [6, 6.07) is 0. The number of carbonyl (C=O) groups is 1. The molecule has 0 bridgehead atoms. The van der Waals surface area contributed by atoms with Crippen LogP contribution >= 0.6 is 0 Å². The molecule has 4 nitrogen and oxygen atoms in total. The minimum Gasteiger partial charge on any atom is -0.373 e. The molecule has 0 saturated carbocycles. The summed E-state index contributed by atoms with van der Waals surface area (Å²) in [5, 5.41) is 0. The first kappa shape index (κ1) is 10.6. The lowest BCUT2D eigenvalue weighted by atomic mass is 10.3. The Morgan fingerprint density at radius 1 is 1.31 bits per heavy atom. The number of likely N-dealkylation sites (N-methyl/N-ethyl adjacent to an activating group) is 1. The highest BCUT2D eigenvalue weighted by Gasteiger charge is 2.12. The van der Waals surface area contributed by atoms with Gasteiger partial charge in [-0.15, -0.1) is 0 Å². The van der Waals surface area contributed by atoms with Crippen molar-refractivity contribution in [3.05, 3.63) is 0 Å². The largest absolute Gasteiger partial charge is 0.373 e. The highest BCUT2D eigenvalue weighted by Crippen LogP contribution is 1.97. The van der Waals surface area contributed by atoms with E-state index in [0.717, 1.165) is 39.0 Å². The maximum Gasteiger partial charge on any atom is 0.145 e. The average molecular weight is 186 g/mol. The van der Waals surface area contributed by atoms with Crippen LogP contribution in [0.2, 0.25) is 0 Å². The smallest absolute Gasteiger partial charge is 0.145 e. The number of aldehydes is 1. The van der Waals surface area contributed by atoms with E-state index in [1.54, 1.807) is 0 Å². The maximum absolute atomic E-state index is 9.95. The van der Waals surface area contributed by atoms with E-state index in [9.17, 15) is 4.79 Å². The van der Waals surface area contributed by atoms with Crippen LogP contribution in [0, 0.1) is 0 Å². The van der Waals surface area contributed by atoms with Crippen molar-refractivity contribution in [2.45, 2.75) is 0 Å². The van der Waals surface area contributed by atoms with Crippen LogP contribution in [0.25, 0.3) is 0 Å². The topological polar surface area (TPSA) is 32.8 Å². The van der Waals surface area contributed by atoms with Crippen molar-refractivity contribution in [3.8, 4) is 0 Å². The van der Waals surface area contributed by atoms with Crippen LogP contribution < -0.4 is 0 Å². The molecule has 0 radical (unpaired) electrons. The zero-order valence-corrected chi connectivity index (χ0v) is 8.24. The molecule has 1 fully saturated rings. The minimum atomic E-state index is 0.230. The molecular weight excluding hydrogens is 168 g/mol. The molecular formula is C9H18N2O2. The molecule has 0 amide bonds. The third kappa shape index (κ3) is 4.36. The van der Waals surface area contributed by atoms with Gasteiger partial charge in [0.05, 0.1) is 6.61 Å². The summed E-state index contributed by atoms with van der Waals surface area (Å²) in [4.78, 5) is 14.6. The van der Waals surface area contributed by atoms with Gasteiger partial charge in [-0.2, -0.15) is 0 Å². The van der Waals surface area contributed by atoms with Crippen LogP contribution in [0.4, 0.5) is 0 Å². The summed E-state index contributed by atoms with van der Waals surface area (Å²) in [6.45, 7) is 6.33. The molecule has 0 atom stereocenters. The monoisotopic (exact) mass is 186 g/mol. The van der Waals surface area contributed by atoms with Crippen LogP contribution in [0.5, 0.6) is 0 Å². The van der Waals surface area contributed by atoms with Gasteiger partial charge >= 0.3 is 0 Å². The van der Waals surface area contributed by atoms with Gasteiger partial charge in [-0.3, -0.25) is 4.90 Å². The molecule has 1 rings (SSSR count). The third-order valence-electron chi connectivity index (χ3n) is 2.33. The van der Waals surface area contributed by atoms with E-state index in [4.69, 9.17) is 4.74 Å². The van der Waals surface area contributed by atoms with Crippen molar-refractivity contribution < 1.29 is 9.53 Å². The fourth-order valence-electron chi connectivity index (χ4n) is 1.40. The summed E-state index contributed by atoms with van der Waals surface area (Å²) in [7, 11) is 2.14. The number of hydrogen-bond donors (Lipinski definition) is 0. The molecule has 0 aliphatic carbocycles. The van der Waals surface area contributed by atoms with Crippen molar-refractivity contribution in [1.82, 2.24) is 9.80 Å². The summed E-state index contributed by atoms with van der Waals surface area (Å²) in [6.07, 6.45) is 0.796. The predicted molar refractivity (Wildman–Crippen MR) is 50.8 cm³/mol. The maximum atomic E-state index is 9.95. The van der Waals surface area contributed by atoms with Crippen molar-refractivity contribution in [2.24, 2.45) is 0 Å². The van der Waals surface area contributed by atoms with Gasteiger partial charge in [0.2, 0.25) is 0 Å². The van der Waals surface area contributed by atoms with Crippen LogP contribution in [0.3, 0.4) is 0 Å². The third-order valence-corrected chi connectivity index (χ3v) is 2.33. The lowest BCUT2D eigenvalue weighted by molar-refractivity contribution is -0.112. The molecule has 1 saturated heterocycles. The van der Waals surface area contributed by atoms with Crippen LogP contribution in [-0.4, -0.2) is 69.1 Å². The van der Waals surface area contributed by atoms with Crippen LogP contribution in [-0.2, 0) is 9.53 Å². The first-order chi connectivity index (χ1) is 6.33. The number of piperazine rings is 1. The van der Waals surface area contributed by atoms with Gasteiger partial charge in [0.1, 0.15) is 12.9 Å². The quantitative estimate of drug-likeness (QED) is 0.426. The lowest BCUT2D eigenvalue weighted by Gasteiger charge is -2.32. The first-order valence-corrected chi connectivity index (χ1v) is 4.75.